The van der Waals surface area contributed by atoms with Crippen LogP contribution in [-0.2, 0) is 11.3 Å². The summed E-state index contributed by atoms with van der Waals surface area (Å²) in [4.78, 5) is 39.0. The maximum absolute atomic E-state index is 14.3. The lowest BCUT2D eigenvalue weighted by Crippen LogP contribution is -2.50. The van der Waals surface area contributed by atoms with Gasteiger partial charge < -0.3 is 14.4 Å². The van der Waals surface area contributed by atoms with Crippen molar-refractivity contribution >= 4 is 17.4 Å². The van der Waals surface area contributed by atoms with Crippen molar-refractivity contribution in [1.29, 1.82) is 0 Å². The lowest BCUT2D eigenvalue weighted by atomic mass is 10.1. The van der Waals surface area contributed by atoms with Gasteiger partial charge in [-0.15, -0.1) is 0 Å². The van der Waals surface area contributed by atoms with Crippen molar-refractivity contribution < 1.29 is 14.0 Å². The number of anilines is 1. The van der Waals surface area contributed by atoms with Gasteiger partial charge in [0, 0.05) is 44.0 Å². The Morgan fingerprint density at radius 1 is 1.08 bits per heavy atom. The van der Waals surface area contributed by atoms with Crippen LogP contribution in [0, 0.1) is 5.82 Å². The first-order valence-electron chi connectivity index (χ1n) is 8.44. The van der Waals surface area contributed by atoms with Crippen LogP contribution in [0.4, 0.5) is 10.1 Å². The molecule has 7 heteroatoms. The molecule has 1 aliphatic heterocycles. The number of hydrogen-bond donors (Lipinski definition) is 0. The van der Waals surface area contributed by atoms with E-state index in [4.69, 9.17) is 0 Å². The Morgan fingerprint density at radius 3 is 2.42 bits per heavy atom. The van der Waals surface area contributed by atoms with E-state index in [1.165, 1.54) is 23.6 Å². The smallest absolute Gasteiger partial charge is 0.250 e. The lowest BCUT2D eigenvalue weighted by Gasteiger charge is -2.36. The number of ketones is 1. The second-order valence-corrected chi connectivity index (χ2v) is 6.26. The predicted molar refractivity (Wildman–Crippen MR) is 95.9 cm³/mol. The standard InChI is InChI=1S/C19H20FN3O3/c1-14(24)15-5-6-17(16(20)12-15)21-8-10-22(11-9-21)19(26)13-23-7-3-2-4-18(23)25/h2-7,12H,8-11,13H2,1H3. The number of aromatic nitrogens is 1. The monoisotopic (exact) mass is 357 g/mol. The van der Waals surface area contributed by atoms with Gasteiger partial charge in [0.25, 0.3) is 5.56 Å². The van der Waals surface area contributed by atoms with Crippen LogP contribution in [0.2, 0.25) is 0 Å². The molecule has 1 fully saturated rings. The fourth-order valence-electron chi connectivity index (χ4n) is 3.02. The van der Waals surface area contributed by atoms with Gasteiger partial charge in [-0.1, -0.05) is 6.07 Å². The van der Waals surface area contributed by atoms with E-state index in [-0.39, 0.29) is 23.8 Å². The first-order chi connectivity index (χ1) is 12.5. The second kappa shape index (κ2) is 7.51. The first-order valence-corrected chi connectivity index (χ1v) is 8.44. The highest BCUT2D eigenvalue weighted by molar-refractivity contribution is 5.94. The molecular weight excluding hydrogens is 337 g/mol. The van der Waals surface area contributed by atoms with E-state index in [0.29, 0.717) is 37.4 Å². The third kappa shape index (κ3) is 3.82. The molecule has 2 heterocycles. The minimum absolute atomic E-state index is 0.00133. The van der Waals surface area contributed by atoms with Gasteiger partial charge in [-0.25, -0.2) is 4.39 Å². The summed E-state index contributed by atoms with van der Waals surface area (Å²) in [5.74, 6) is -0.749. The van der Waals surface area contributed by atoms with Crippen LogP contribution in [0.15, 0.2) is 47.4 Å². The summed E-state index contributed by atoms with van der Waals surface area (Å²) in [7, 11) is 0. The van der Waals surface area contributed by atoms with Gasteiger partial charge >= 0.3 is 0 Å². The van der Waals surface area contributed by atoms with Crippen LogP contribution in [0.1, 0.15) is 17.3 Å². The first kappa shape index (κ1) is 17.8. The van der Waals surface area contributed by atoms with Gasteiger partial charge in [0.15, 0.2) is 5.78 Å². The number of benzene rings is 1. The van der Waals surface area contributed by atoms with Crippen molar-refractivity contribution in [3.05, 3.63) is 64.3 Å². The van der Waals surface area contributed by atoms with E-state index in [9.17, 15) is 18.8 Å². The molecule has 0 aliphatic carbocycles. The average molecular weight is 357 g/mol. The Balaban J connectivity index is 1.62. The summed E-state index contributed by atoms with van der Waals surface area (Å²) < 4.78 is 15.6. The van der Waals surface area contributed by atoms with Crippen molar-refractivity contribution in [2.24, 2.45) is 0 Å². The number of Topliss-reactive ketones (excluding diaryl/α,β-unsaturated/α-hetero) is 1. The lowest BCUT2D eigenvalue weighted by molar-refractivity contribution is -0.132. The number of hydrogen-bond acceptors (Lipinski definition) is 4. The number of halogens is 1. The van der Waals surface area contributed by atoms with E-state index < -0.39 is 5.82 Å². The molecule has 0 unspecified atom stereocenters. The molecule has 0 radical (unpaired) electrons. The number of carbonyl (C=O) groups excluding carboxylic acids is 2. The fraction of sp³-hybridized carbons (Fsp3) is 0.316. The highest BCUT2D eigenvalue weighted by atomic mass is 19.1. The van der Waals surface area contributed by atoms with Gasteiger partial charge in [-0.3, -0.25) is 14.4 Å². The molecular formula is C19H20FN3O3. The number of piperazine rings is 1. The molecule has 3 rings (SSSR count). The van der Waals surface area contributed by atoms with E-state index in [1.54, 1.807) is 35.4 Å². The van der Waals surface area contributed by atoms with Crippen LogP contribution in [0.25, 0.3) is 0 Å². The van der Waals surface area contributed by atoms with Gasteiger partial charge in [-0.05, 0) is 31.2 Å². The van der Waals surface area contributed by atoms with Gasteiger partial charge in [0.05, 0.1) is 5.69 Å². The molecule has 6 nitrogen and oxygen atoms in total. The zero-order chi connectivity index (χ0) is 18.7. The number of nitrogens with zero attached hydrogens (tertiary/aromatic N) is 3. The number of pyridine rings is 1. The minimum atomic E-state index is -0.437. The van der Waals surface area contributed by atoms with E-state index in [2.05, 4.69) is 0 Å². The van der Waals surface area contributed by atoms with Gasteiger partial charge in [0.1, 0.15) is 12.4 Å². The van der Waals surface area contributed by atoms with Crippen LogP contribution in [0.5, 0.6) is 0 Å². The maximum Gasteiger partial charge on any atom is 0.250 e. The minimum Gasteiger partial charge on any atom is -0.366 e. The topological polar surface area (TPSA) is 62.6 Å². The SMILES string of the molecule is CC(=O)c1ccc(N2CCN(C(=O)Cn3ccccc3=O)CC2)c(F)c1. The zero-order valence-corrected chi connectivity index (χ0v) is 14.5. The second-order valence-electron chi connectivity index (χ2n) is 6.26. The van der Waals surface area contributed by atoms with E-state index in [1.807, 2.05) is 4.90 Å². The quantitative estimate of drug-likeness (QED) is 0.779. The molecule has 1 saturated heterocycles. The third-order valence-corrected chi connectivity index (χ3v) is 4.53. The van der Waals surface area contributed by atoms with Crippen molar-refractivity contribution in [3.8, 4) is 0 Å². The summed E-state index contributed by atoms with van der Waals surface area (Å²) in [6, 6.07) is 9.22. The normalized spacial score (nSPS) is 14.4. The van der Waals surface area contributed by atoms with Crippen LogP contribution in [0.3, 0.4) is 0 Å². The molecule has 0 N–H and O–H groups in total. The highest BCUT2D eigenvalue weighted by Gasteiger charge is 2.23. The third-order valence-electron chi connectivity index (χ3n) is 4.53. The molecule has 2 aromatic rings. The summed E-state index contributed by atoms with van der Waals surface area (Å²) in [6.45, 7) is 3.29. The molecule has 1 aromatic heterocycles. The van der Waals surface area contributed by atoms with Crippen LogP contribution in [-0.4, -0.2) is 47.3 Å². The predicted octanol–water partition coefficient (Wildman–Crippen LogP) is 1.54. The highest BCUT2D eigenvalue weighted by Crippen LogP contribution is 2.22. The fourth-order valence-corrected chi connectivity index (χ4v) is 3.02. The Labute approximate surface area is 150 Å². The van der Waals surface area contributed by atoms with E-state index in [0.717, 1.165) is 0 Å². The molecule has 26 heavy (non-hydrogen) atoms. The molecule has 0 atom stereocenters. The van der Waals surface area contributed by atoms with E-state index >= 15 is 0 Å². The molecule has 1 amide bonds. The Bertz CT molecular complexity index is 886. The number of rotatable bonds is 4. The van der Waals surface area contributed by atoms with Gasteiger partial charge in [0.2, 0.25) is 5.91 Å². The molecule has 0 saturated carbocycles. The summed E-state index contributed by atoms with van der Waals surface area (Å²) in [6.07, 6.45) is 1.59. The Kier molecular flexibility index (Phi) is 5.16. The Morgan fingerprint density at radius 2 is 1.81 bits per heavy atom. The molecule has 1 aliphatic rings. The van der Waals surface area contributed by atoms with Crippen molar-refractivity contribution in [1.82, 2.24) is 9.47 Å². The van der Waals surface area contributed by atoms with Crippen molar-refractivity contribution in [2.45, 2.75) is 13.5 Å². The summed E-state index contributed by atoms with van der Waals surface area (Å²) in [5, 5.41) is 0. The number of amides is 1. The van der Waals surface area contributed by atoms with Crippen LogP contribution >= 0.6 is 0 Å². The maximum atomic E-state index is 14.3. The number of carbonyl (C=O) groups is 2. The summed E-state index contributed by atoms with van der Waals surface area (Å²) in [5.41, 5.74) is 0.557. The van der Waals surface area contributed by atoms with Crippen molar-refractivity contribution in [3.63, 3.8) is 0 Å². The average Bonchev–Trinajstić information content (AvgIpc) is 2.63. The molecule has 136 valence electrons. The largest absolute Gasteiger partial charge is 0.366 e. The van der Waals surface area contributed by atoms with Crippen molar-refractivity contribution in [2.75, 3.05) is 31.1 Å². The molecule has 0 spiro atoms. The summed E-state index contributed by atoms with van der Waals surface area (Å²) >= 11 is 0. The molecule has 0 bridgehead atoms. The van der Waals surface area contributed by atoms with Gasteiger partial charge in [-0.2, -0.15) is 0 Å². The Hall–Kier alpha value is -2.96. The zero-order valence-electron chi connectivity index (χ0n) is 14.5. The molecule has 1 aromatic carbocycles. The van der Waals surface area contributed by atoms with Crippen LogP contribution < -0.4 is 10.5 Å².